The lowest BCUT2D eigenvalue weighted by Crippen LogP contribution is -2.16. The van der Waals surface area contributed by atoms with Crippen LogP contribution < -0.4 is 10.5 Å². The second kappa shape index (κ2) is 6.91. The summed E-state index contributed by atoms with van der Waals surface area (Å²) in [7, 11) is 1.36. The molecule has 0 spiro atoms. The highest BCUT2D eigenvalue weighted by atomic mass is 16.5. The third-order valence-corrected chi connectivity index (χ3v) is 2.40. The van der Waals surface area contributed by atoms with Gasteiger partial charge in [-0.1, -0.05) is 19.1 Å². The van der Waals surface area contributed by atoms with Crippen molar-refractivity contribution in [2.45, 2.75) is 25.8 Å². The summed E-state index contributed by atoms with van der Waals surface area (Å²) in [6.45, 7) is 2.76. The highest BCUT2D eigenvalue weighted by molar-refractivity contribution is 5.70. The van der Waals surface area contributed by atoms with Crippen LogP contribution in [0.15, 0.2) is 24.3 Å². The molecule has 0 amide bonds. The number of carbonyl (C=O) groups excluding carboxylic acids is 1. The van der Waals surface area contributed by atoms with Crippen molar-refractivity contribution in [1.29, 1.82) is 0 Å². The smallest absolute Gasteiger partial charge is 0.307 e. The molecule has 0 saturated carbocycles. The molecule has 17 heavy (non-hydrogen) atoms. The highest BCUT2D eigenvalue weighted by Crippen LogP contribution is 2.18. The molecule has 94 valence electrons. The molecule has 0 aromatic heterocycles. The molecule has 0 unspecified atom stereocenters. The van der Waals surface area contributed by atoms with Gasteiger partial charge in [0.25, 0.3) is 0 Å². The van der Waals surface area contributed by atoms with E-state index in [0.717, 1.165) is 17.7 Å². The summed E-state index contributed by atoms with van der Waals surface area (Å²) in [5.41, 5.74) is 6.78. The lowest BCUT2D eigenvalue weighted by molar-refractivity contribution is -0.141. The Morgan fingerprint density at radius 1 is 1.35 bits per heavy atom. The topological polar surface area (TPSA) is 61.5 Å². The van der Waals surface area contributed by atoms with E-state index in [1.807, 2.05) is 24.3 Å². The monoisotopic (exact) mass is 237 g/mol. The van der Waals surface area contributed by atoms with Gasteiger partial charge in [-0.3, -0.25) is 4.79 Å². The zero-order chi connectivity index (χ0) is 12.7. The molecule has 0 aliphatic rings. The number of hydrogen-bond acceptors (Lipinski definition) is 4. The Labute approximate surface area is 102 Å². The van der Waals surface area contributed by atoms with E-state index in [-0.39, 0.29) is 18.4 Å². The minimum Gasteiger partial charge on any atom is -0.494 e. The lowest BCUT2D eigenvalue weighted by atomic mass is 10.0. The maximum absolute atomic E-state index is 11.1. The average molecular weight is 237 g/mol. The molecule has 0 bridgehead atoms. The Morgan fingerprint density at radius 2 is 2.00 bits per heavy atom. The summed E-state index contributed by atoms with van der Waals surface area (Å²) < 4.78 is 10.0. The summed E-state index contributed by atoms with van der Waals surface area (Å²) in [6, 6.07) is 7.14. The van der Waals surface area contributed by atoms with Crippen molar-refractivity contribution in [1.82, 2.24) is 0 Å². The fourth-order valence-corrected chi connectivity index (χ4v) is 1.41. The third-order valence-electron chi connectivity index (χ3n) is 2.40. The normalized spacial score (nSPS) is 11.9. The van der Waals surface area contributed by atoms with E-state index in [1.165, 1.54) is 7.11 Å². The summed E-state index contributed by atoms with van der Waals surface area (Å²) in [6.07, 6.45) is 1.16. The second-order valence-corrected chi connectivity index (χ2v) is 3.80. The first kappa shape index (κ1) is 13.5. The van der Waals surface area contributed by atoms with Gasteiger partial charge in [0.1, 0.15) is 5.75 Å². The van der Waals surface area contributed by atoms with E-state index >= 15 is 0 Å². The SMILES string of the molecule is CCCOc1ccc([C@H](N)CC(=O)OC)cc1. The lowest BCUT2D eigenvalue weighted by Gasteiger charge is -2.11. The van der Waals surface area contributed by atoms with Crippen LogP contribution in [0.3, 0.4) is 0 Å². The number of carbonyl (C=O) groups is 1. The third kappa shape index (κ3) is 4.44. The van der Waals surface area contributed by atoms with Crippen molar-refractivity contribution in [3.63, 3.8) is 0 Å². The van der Waals surface area contributed by atoms with E-state index < -0.39 is 0 Å². The number of esters is 1. The molecule has 0 radical (unpaired) electrons. The number of methoxy groups -OCH3 is 1. The molecule has 4 heteroatoms. The van der Waals surface area contributed by atoms with Gasteiger partial charge in [0.05, 0.1) is 20.1 Å². The predicted molar refractivity (Wildman–Crippen MR) is 65.8 cm³/mol. The Balaban J connectivity index is 2.57. The largest absolute Gasteiger partial charge is 0.494 e. The van der Waals surface area contributed by atoms with E-state index in [1.54, 1.807) is 0 Å². The second-order valence-electron chi connectivity index (χ2n) is 3.80. The molecule has 0 fully saturated rings. The van der Waals surface area contributed by atoms with Gasteiger partial charge >= 0.3 is 5.97 Å². The molecular formula is C13H19NO3. The minimum absolute atomic E-state index is 0.186. The van der Waals surface area contributed by atoms with Gasteiger partial charge in [-0.25, -0.2) is 0 Å². The fourth-order valence-electron chi connectivity index (χ4n) is 1.41. The Bertz CT molecular complexity index is 348. The molecule has 2 N–H and O–H groups in total. The number of benzene rings is 1. The van der Waals surface area contributed by atoms with Crippen molar-refractivity contribution in [2.75, 3.05) is 13.7 Å². The van der Waals surface area contributed by atoms with Crippen molar-refractivity contribution < 1.29 is 14.3 Å². The van der Waals surface area contributed by atoms with Gasteiger partial charge in [-0.15, -0.1) is 0 Å². The summed E-state index contributed by atoms with van der Waals surface area (Å²) in [4.78, 5) is 11.1. The molecule has 1 rings (SSSR count). The van der Waals surface area contributed by atoms with Gasteiger partial charge in [-0.2, -0.15) is 0 Å². The molecule has 0 aliphatic carbocycles. The minimum atomic E-state index is -0.331. The van der Waals surface area contributed by atoms with Gasteiger partial charge < -0.3 is 15.2 Å². The molecule has 4 nitrogen and oxygen atoms in total. The van der Waals surface area contributed by atoms with E-state index in [4.69, 9.17) is 10.5 Å². The first-order valence-corrected chi connectivity index (χ1v) is 5.72. The zero-order valence-corrected chi connectivity index (χ0v) is 10.3. The molecule has 1 aromatic rings. The molecule has 1 aromatic carbocycles. The van der Waals surface area contributed by atoms with Gasteiger partial charge in [0, 0.05) is 6.04 Å². The van der Waals surface area contributed by atoms with Crippen molar-refractivity contribution in [3.8, 4) is 5.75 Å². The van der Waals surface area contributed by atoms with Crippen molar-refractivity contribution >= 4 is 5.97 Å². The van der Waals surface area contributed by atoms with Crippen LogP contribution in [0, 0.1) is 0 Å². The number of hydrogen-bond donors (Lipinski definition) is 1. The van der Waals surface area contributed by atoms with Crippen LogP contribution in [0.25, 0.3) is 0 Å². The summed E-state index contributed by atoms with van der Waals surface area (Å²) >= 11 is 0. The Morgan fingerprint density at radius 3 is 2.53 bits per heavy atom. The van der Waals surface area contributed by atoms with Crippen molar-refractivity contribution in [3.05, 3.63) is 29.8 Å². The molecule has 0 saturated heterocycles. The Kier molecular flexibility index (Phi) is 5.49. The molecular weight excluding hydrogens is 218 g/mol. The van der Waals surface area contributed by atoms with E-state index in [0.29, 0.717) is 6.61 Å². The van der Waals surface area contributed by atoms with Crippen LogP contribution in [-0.2, 0) is 9.53 Å². The average Bonchev–Trinajstić information content (AvgIpc) is 2.36. The predicted octanol–water partition coefficient (Wildman–Crippen LogP) is 2.04. The standard InChI is InChI=1S/C13H19NO3/c1-3-8-17-11-6-4-10(5-7-11)12(14)9-13(15)16-2/h4-7,12H,3,8-9,14H2,1-2H3/t12-/m1/s1. The quantitative estimate of drug-likeness (QED) is 0.769. The van der Waals surface area contributed by atoms with E-state index in [2.05, 4.69) is 11.7 Å². The maximum atomic E-state index is 11.1. The number of ether oxygens (including phenoxy) is 2. The molecule has 1 atom stereocenters. The van der Waals surface area contributed by atoms with Gasteiger partial charge in [-0.05, 0) is 24.1 Å². The Hall–Kier alpha value is -1.55. The van der Waals surface area contributed by atoms with E-state index in [9.17, 15) is 4.79 Å². The molecule has 0 heterocycles. The van der Waals surface area contributed by atoms with Crippen LogP contribution in [-0.4, -0.2) is 19.7 Å². The number of rotatable bonds is 6. The zero-order valence-electron chi connectivity index (χ0n) is 10.3. The van der Waals surface area contributed by atoms with Crippen LogP contribution in [0.1, 0.15) is 31.4 Å². The fraction of sp³-hybridized carbons (Fsp3) is 0.462. The molecule has 0 aliphatic heterocycles. The maximum Gasteiger partial charge on any atom is 0.307 e. The summed E-state index contributed by atoms with van der Waals surface area (Å²) in [5, 5.41) is 0. The van der Waals surface area contributed by atoms with Gasteiger partial charge in [0.2, 0.25) is 0 Å². The number of nitrogens with two attached hydrogens (primary N) is 1. The first-order chi connectivity index (χ1) is 8.17. The van der Waals surface area contributed by atoms with Crippen LogP contribution in [0.5, 0.6) is 5.75 Å². The van der Waals surface area contributed by atoms with Crippen LogP contribution in [0.2, 0.25) is 0 Å². The van der Waals surface area contributed by atoms with Gasteiger partial charge in [0.15, 0.2) is 0 Å². The van der Waals surface area contributed by atoms with Crippen LogP contribution >= 0.6 is 0 Å². The highest BCUT2D eigenvalue weighted by Gasteiger charge is 2.11. The van der Waals surface area contributed by atoms with Crippen LogP contribution in [0.4, 0.5) is 0 Å². The van der Waals surface area contributed by atoms with Crippen molar-refractivity contribution in [2.24, 2.45) is 5.73 Å². The summed E-state index contributed by atoms with van der Waals surface area (Å²) in [5.74, 6) is 0.518. The first-order valence-electron chi connectivity index (χ1n) is 5.72.